The molecule has 440 valence electrons. The molecule has 1 heterocycles. The van der Waals surface area contributed by atoms with E-state index in [0.29, 0.717) is 13.0 Å². The Bertz CT molecular complexity index is 1640. The average molecular weight is 1090 g/mol. The van der Waals surface area contributed by atoms with E-state index in [1.165, 1.54) is 122 Å². The summed E-state index contributed by atoms with van der Waals surface area (Å²) in [7, 11) is -5.08. The van der Waals surface area contributed by atoms with Crippen LogP contribution in [-0.2, 0) is 38.3 Å². The van der Waals surface area contributed by atoms with E-state index in [4.69, 9.17) is 18.9 Å². The molecule has 1 aliphatic rings. The second-order valence-electron chi connectivity index (χ2n) is 20.6. The number of hydrogen-bond donors (Lipinski definition) is 4. The summed E-state index contributed by atoms with van der Waals surface area (Å²) >= 11 is 0. The Labute approximate surface area is 463 Å². The highest BCUT2D eigenvalue weighted by atomic mass is 32.3. The topological polar surface area (TPSA) is 178 Å². The molecule has 0 bridgehead atoms. The van der Waals surface area contributed by atoms with Crippen molar-refractivity contribution in [1.82, 2.24) is 0 Å². The number of aliphatic hydroxyl groups excluding tert-OH is 3. The van der Waals surface area contributed by atoms with Crippen molar-refractivity contribution in [2.24, 2.45) is 0 Å². The molecule has 0 saturated carbocycles. The summed E-state index contributed by atoms with van der Waals surface area (Å²) in [4.78, 5) is 13.0. The molecular formula is C63H110O12S. The van der Waals surface area contributed by atoms with Crippen LogP contribution in [0, 0.1) is 0 Å². The van der Waals surface area contributed by atoms with Gasteiger partial charge in [-0.05, 0) is 70.6 Å². The molecule has 1 fully saturated rings. The highest BCUT2D eigenvalue weighted by Gasteiger charge is 2.48. The molecule has 76 heavy (non-hydrogen) atoms. The molecule has 1 aliphatic heterocycles. The minimum atomic E-state index is -5.08. The summed E-state index contributed by atoms with van der Waals surface area (Å²) in [5, 5.41) is 30.9. The van der Waals surface area contributed by atoms with Gasteiger partial charge in [0.1, 0.15) is 30.5 Å². The Hall–Kier alpha value is -2.72. The molecule has 0 aromatic rings. The van der Waals surface area contributed by atoms with E-state index in [-0.39, 0.29) is 19.6 Å². The van der Waals surface area contributed by atoms with Gasteiger partial charge in [-0.15, -0.1) is 0 Å². The fraction of sp³-hybridized carbons (Fsp3) is 0.762. The van der Waals surface area contributed by atoms with Gasteiger partial charge in [0.25, 0.3) is 0 Å². The fourth-order valence-corrected chi connectivity index (χ4v) is 9.52. The molecule has 0 spiro atoms. The minimum absolute atomic E-state index is 0.0162. The van der Waals surface area contributed by atoms with Crippen LogP contribution < -0.4 is 0 Å². The first-order chi connectivity index (χ1) is 37.1. The summed E-state index contributed by atoms with van der Waals surface area (Å²) in [6.07, 6.45) is 63.4. The van der Waals surface area contributed by atoms with E-state index >= 15 is 0 Å². The lowest BCUT2D eigenvalue weighted by atomic mass is 9.99. The van der Waals surface area contributed by atoms with Crippen LogP contribution in [-0.4, -0.2) is 97.5 Å². The Balaban J connectivity index is 2.31. The second-order valence-corrected chi connectivity index (χ2v) is 21.6. The maximum atomic E-state index is 13.0. The first-order valence-electron chi connectivity index (χ1n) is 30.3. The zero-order valence-electron chi connectivity index (χ0n) is 47.8. The van der Waals surface area contributed by atoms with Crippen LogP contribution in [0.15, 0.2) is 85.1 Å². The lowest BCUT2D eigenvalue weighted by Gasteiger charge is -2.41. The van der Waals surface area contributed by atoms with Gasteiger partial charge in [-0.1, -0.05) is 253 Å². The van der Waals surface area contributed by atoms with Crippen LogP contribution in [0.5, 0.6) is 0 Å². The predicted molar refractivity (Wildman–Crippen MR) is 312 cm³/mol. The molecule has 1 saturated heterocycles. The number of allylic oxidation sites excluding steroid dienone is 14. The highest BCUT2D eigenvalue weighted by Crippen LogP contribution is 2.26. The average Bonchev–Trinajstić information content (AvgIpc) is 3.40. The van der Waals surface area contributed by atoms with Gasteiger partial charge in [0, 0.05) is 13.0 Å². The highest BCUT2D eigenvalue weighted by molar-refractivity contribution is 7.80. The number of rotatable bonds is 53. The van der Waals surface area contributed by atoms with E-state index in [9.17, 15) is 33.1 Å². The lowest BCUT2D eigenvalue weighted by molar-refractivity contribution is -0.301. The van der Waals surface area contributed by atoms with Gasteiger partial charge < -0.3 is 34.3 Å². The molecule has 13 heteroatoms. The molecule has 6 atom stereocenters. The number of carbonyl (C=O) groups is 1. The molecule has 0 aromatic carbocycles. The number of aliphatic hydroxyl groups is 3. The van der Waals surface area contributed by atoms with Crippen LogP contribution in [0.1, 0.15) is 245 Å². The quantitative estimate of drug-likeness (QED) is 0.0196. The van der Waals surface area contributed by atoms with Gasteiger partial charge in [-0.3, -0.25) is 9.35 Å². The Kier molecular flexibility index (Phi) is 49.7. The van der Waals surface area contributed by atoms with E-state index < -0.39 is 59.8 Å². The molecular weight excluding hydrogens is 981 g/mol. The van der Waals surface area contributed by atoms with Crippen LogP contribution in [0.25, 0.3) is 0 Å². The molecule has 1 rings (SSSR count). The maximum Gasteiger partial charge on any atom is 0.397 e. The predicted octanol–water partition coefficient (Wildman–Crippen LogP) is 15.5. The largest absolute Gasteiger partial charge is 0.457 e. The summed E-state index contributed by atoms with van der Waals surface area (Å²) in [5.74, 6) is -0.407. The lowest BCUT2D eigenvalue weighted by Crippen LogP contribution is -2.60. The number of hydrogen-bond acceptors (Lipinski definition) is 11. The van der Waals surface area contributed by atoms with Crippen LogP contribution in [0.2, 0.25) is 0 Å². The summed E-state index contributed by atoms with van der Waals surface area (Å²) in [5.41, 5.74) is 0. The van der Waals surface area contributed by atoms with Crippen LogP contribution in [0.3, 0.4) is 0 Å². The van der Waals surface area contributed by atoms with Crippen molar-refractivity contribution < 1.29 is 56.2 Å². The van der Waals surface area contributed by atoms with E-state index in [1.807, 2.05) is 0 Å². The van der Waals surface area contributed by atoms with Crippen molar-refractivity contribution in [2.45, 2.75) is 282 Å². The van der Waals surface area contributed by atoms with Crippen molar-refractivity contribution in [3.63, 3.8) is 0 Å². The third-order valence-corrected chi connectivity index (χ3v) is 14.0. The molecule has 0 radical (unpaired) electrons. The minimum Gasteiger partial charge on any atom is -0.457 e. The summed E-state index contributed by atoms with van der Waals surface area (Å²) in [6.45, 7) is 3.85. The van der Waals surface area contributed by atoms with Gasteiger partial charge in [0.2, 0.25) is 0 Å². The number of carbonyl (C=O) groups excluding carboxylic acids is 1. The van der Waals surface area contributed by atoms with Gasteiger partial charge in [0.05, 0.1) is 19.8 Å². The Morgan fingerprint density at radius 2 is 0.908 bits per heavy atom. The third-order valence-electron chi connectivity index (χ3n) is 13.5. The third kappa shape index (κ3) is 45.2. The van der Waals surface area contributed by atoms with Crippen LogP contribution >= 0.6 is 0 Å². The van der Waals surface area contributed by atoms with Crippen molar-refractivity contribution in [1.29, 1.82) is 0 Å². The molecule has 12 nitrogen and oxygen atoms in total. The SMILES string of the molecule is CC/C=C\C/C=C\C/C=C\C/C=C\C/C=C\C/C=C\C/C=C\CCCCCCOCC(COC1OC(CO)C(O)C(OS(=O)(=O)O)C1O)OC(=O)CCCCCCCCCCCCCCCCCCCCCCCCC. The van der Waals surface area contributed by atoms with Gasteiger partial charge in [-0.2, -0.15) is 8.42 Å². The van der Waals surface area contributed by atoms with Crippen molar-refractivity contribution in [2.75, 3.05) is 26.4 Å². The Morgan fingerprint density at radius 1 is 0.513 bits per heavy atom. The molecule has 6 unspecified atom stereocenters. The van der Waals surface area contributed by atoms with Gasteiger partial charge in [-0.25, -0.2) is 4.18 Å². The number of esters is 1. The Morgan fingerprint density at radius 3 is 1.33 bits per heavy atom. The summed E-state index contributed by atoms with van der Waals surface area (Å²) in [6, 6.07) is 0. The first kappa shape index (κ1) is 71.3. The van der Waals surface area contributed by atoms with Crippen LogP contribution in [0.4, 0.5) is 0 Å². The standard InChI is InChI=1S/C63H110O12S/c1-3-5-7-9-11-13-15-17-19-21-23-25-27-28-29-31-33-35-37-39-41-43-45-47-49-51-53-71-55-57(56-72-63-61(67)62(75-76(68,69)70)60(66)58(54-64)74-63)73-59(65)52-50-48-46-44-42-40-38-36-34-32-30-26-24-22-20-18-16-14-12-10-8-6-4-2/h5,7,11,13,17,19,23,25,28-29,33,35,39,41,57-58,60-64,66-67H,3-4,6,8-10,12,14-16,18,20-22,24,26-27,30-32,34,36-38,40,42-56H2,1-2H3,(H,68,69,70)/b7-5-,13-11-,19-17-,25-23-,29-28-,35-33-,41-39-. The van der Waals surface area contributed by atoms with Gasteiger partial charge in [0.15, 0.2) is 6.29 Å². The van der Waals surface area contributed by atoms with E-state index in [2.05, 4.69) is 103 Å². The number of unbranched alkanes of at least 4 members (excludes halogenated alkanes) is 26. The maximum absolute atomic E-state index is 13.0. The normalized spacial score (nSPS) is 19.2. The number of ether oxygens (including phenoxy) is 4. The monoisotopic (exact) mass is 1090 g/mol. The molecule has 0 aliphatic carbocycles. The summed E-state index contributed by atoms with van der Waals surface area (Å²) < 4.78 is 59.5. The first-order valence-corrected chi connectivity index (χ1v) is 31.7. The smallest absolute Gasteiger partial charge is 0.397 e. The zero-order chi connectivity index (χ0) is 55.3. The molecule has 0 aromatic heterocycles. The molecule has 0 amide bonds. The molecule has 4 N–H and O–H groups in total. The van der Waals surface area contributed by atoms with Gasteiger partial charge >= 0.3 is 16.4 Å². The second kappa shape index (κ2) is 53.0. The van der Waals surface area contributed by atoms with Crippen molar-refractivity contribution in [3.8, 4) is 0 Å². The van der Waals surface area contributed by atoms with E-state index in [0.717, 1.165) is 96.3 Å². The van der Waals surface area contributed by atoms with E-state index in [1.54, 1.807) is 0 Å². The van der Waals surface area contributed by atoms with Crippen molar-refractivity contribution in [3.05, 3.63) is 85.1 Å². The zero-order valence-corrected chi connectivity index (χ0v) is 48.6. The fourth-order valence-electron chi connectivity index (χ4n) is 9.01. The van der Waals surface area contributed by atoms with Crippen molar-refractivity contribution >= 4 is 16.4 Å².